The van der Waals surface area contributed by atoms with Crippen LogP contribution in [0.25, 0.3) is 0 Å². The minimum absolute atomic E-state index is 0.520. The molecule has 17 heavy (non-hydrogen) atoms. The molecule has 0 unspecified atom stereocenters. The van der Waals surface area contributed by atoms with Crippen molar-refractivity contribution in [3.8, 4) is 0 Å². The van der Waals surface area contributed by atoms with E-state index in [1.165, 1.54) is 0 Å². The van der Waals surface area contributed by atoms with Gasteiger partial charge in [-0.05, 0) is 26.2 Å². The lowest BCUT2D eigenvalue weighted by molar-refractivity contribution is 0.531. The molecule has 0 aliphatic heterocycles. The highest BCUT2D eigenvalue weighted by Crippen LogP contribution is 2.42. The van der Waals surface area contributed by atoms with Gasteiger partial charge in [0.2, 0.25) is 0 Å². The molecule has 0 saturated carbocycles. The van der Waals surface area contributed by atoms with Crippen LogP contribution in [0.5, 0.6) is 0 Å². The molecule has 0 aromatic heterocycles. The van der Waals surface area contributed by atoms with Crippen LogP contribution in [0.2, 0.25) is 37.3 Å². The first kappa shape index (κ1) is 12.8. The van der Waals surface area contributed by atoms with Gasteiger partial charge in [-0.1, -0.05) is 48.6 Å². The van der Waals surface area contributed by atoms with Crippen molar-refractivity contribution < 1.29 is 4.12 Å². The van der Waals surface area contributed by atoms with Gasteiger partial charge in [-0.25, -0.2) is 0 Å². The number of hydrogen-bond donors (Lipinski definition) is 0. The maximum atomic E-state index is 6.67. The smallest absolute Gasteiger partial charge is 0.198 e. The van der Waals surface area contributed by atoms with Crippen molar-refractivity contribution in [3.05, 3.63) is 48.6 Å². The third kappa shape index (κ3) is 2.79. The zero-order chi connectivity index (χ0) is 12.5. The molecule has 2 aliphatic carbocycles. The van der Waals surface area contributed by atoms with E-state index in [4.69, 9.17) is 4.12 Å². The van der Waals surface area contributed by atoms with Crippen LogP contribution >= 0.6 is 0 Å². The largest absolute Gasteiger partial charge is 0.454 e. The highest BCUT2D eigenvalue weighted by atomic mass is 28.4. The standard InChI is InChI=1S/C14H22OSi2/c1-16(2,3)15-17(4,13-9-5-6-10-13)14-11-7-8-12-14/h5-14H,1-4H3. The minimum atomic E-state index is -1.80. The third-order valence-corrected chi connectivity index (χ3v) is 11.0. The van der Waals surface area contributed by atoms with Crippen molar-refractivity contribution >= 4 is 16.6 Å². The SMILES string of the molecule is C[Si](C)(C)O[Si](C)(C1C=CC=C1)C1C=CC=C1. The summed E-state index contributed by atoms with van der Waals surface area (Å²) in [5, 5.41) is 0. The molecule has 0 radical (unpaired) electrons. The van der Waals surface area contributed by atoms with Gasteiger partial charge in [0.05, 0.1) is 0 Å². The predicted octanol–water partition coefficient (Wildman–Crippen LogP) is 4.41. The van der Waals surface area contributed by atoms with Gasteiger partial charge < -0.3 is 4.12 Å². The van der Waals surface area contributed by atoms with Gasteiger partial charge in [-0.3, -0.25) is 0 Å². The third-order valence-electron chi connectivity index (χ3n) is 3.35. The van der Waals surface area contributed by atoms with E-state index in [0.717, 1.165) is 0 Å². The first-order valence-corrected chi connectivity index (χ1v) is 12.3. The van der Waals surface area contributed by atoms with Crippen LogP contribution in [-0.4, -0.2) is 16.6 Å². The molecule has 0 N–H and O–H groups in total. The van der Waals surface area contributed by atoms with Gasteiger partial charge in [0.1, 0.15) is 0 Å². The predicted molar refractivity (Wildman–Crippen MR) is 80.1 cm³/mol. The Morgan fingerprint density at radius 1 is 0.706 bits per heavy atom. The van der Waals surface area contributed by atoms with Crippen LogP contribution in [0.15, 0.2) is 48.6 Å². The summed E-state index contributed by atoms with van der Waals surface area (Å²) in [6.07, 6.45) is 17.9. The van der Waals surface area contributed by atoms with Gasteiger partial charge in [-0.15, -0.1) is 0 Å². The molecule has 0 amide bonds. The molecule has 0 aromatic carbocycles. The molecule has 0 aromatic rings. The second-order valence-corrected chi connectivity index (χ2v) is 14.7. The zero-order valence-electron chi connectivity index (χ0n) is 11.2. The first-order valence-electron chi connectivity index (χ1n) is 6.32. The maximum absolute atomic E-state index is 6.67. The fourth-order valence-electron chi connectivity index (χ4n) is 2.65. The van der Waals surface area contributed by atoms with E-state index in [2.05, 4.69) is 74.8 Å². The van der Waals surface area contributed by atoms with E-state index in [-0.39, 0.29) is 0 Å². The quantitative estimate of drug-likeness (QED) is 0.682. The van der Waals surface area contributed by atoms with Crippen LogP contribution in [-0.2, 0) is 4.12 Å². The fourth-order valence-corrected chi connectivity index (χ4v) is 11.4. The second kappa shape index (κ2) is 4.55. The Labute approximate surface area is 107 Å². The lowest BCUT2D eigenvalue weighted by Gasteiger charge is -2.40. The Morgan fingerprint density at radius 2 is 1.06 bits per heavy atom. The molecule has 0 fully saturated rings. The zero-order valence-corrected chi connectivity index (χ0v) is 13.2. The van der Waals surface area contributed by atoms with E-state index in [1.807, 2.05) is 0 Å². The van der Waals surface area contributed by atoms with Crippen LogP contribution in [0.4, 0.5) is 0 Å². The van der Waals surface area contributed by atoms with Crippen LogP contribution in [0, 0.1) is 0 Å². The first-order chi connectivity index (χ1) is 7.92. The second-order valence-electron chi connectivity index (χ2n) is 5.99. The number of hydrogen-bond acceptors (Lipinski definition) is 1. The maximum Gasteiger partial charge on any atom is 0.198 e. The molecule has 0 bridgehead atoms. The highest BCUT2D eigenvalue weighted by molar-refractivity contribution is 6.87. The minimum Gasteiger partial charge on any atom is -0.454 e. The Kier molecular flexibility index (Phi) is 3.43. The lowest BCUT2D eigenvalue weighted by atomic mass is 10.4. The molecule has 2 aliphatic rings. The summed E-state index contributed by atoms with van der Waals surface area (Å²) in [5.41, 5.74) is 1.04. The van der Waals surface area contributed by atoms with E-state index < -0.39 is 16.6 Å². The summed E-state index contributed by atoms with van der Waals surface area (Å²) >= 11 is 0. The van der Waals surface area contributed by atoms with Crippen molar-refractivity contribution in [2.45, 2.75) is 37.3 Å². The van der Waals surface area contributed by atoms with Crippen molar-refractivity contribution in [2.75, 3.05) is 0 Å². The van der Waals surface area contributed by atoms with Crippen molar-refractivity contribution in [2.24, 2.45) is 0 Å². The van der Waals surface area contributed by atoms with Crippen molar-refractivity contribution in [1.29, 1.82) is 0 Å². The summed E-state index contributed by atoms with van der Waals surface area (Å²) in [5.74, 6) is 0. The van der Waals surface area contributed by atoms with Gasteiger partial charge in [0.15, 0.2) is 16.6 Å². The van der Waals surface area contributed by atoms with Crippen molar-refractivity contribution in [1.82, 2.24) is 0 Å². The normalized spacial score (nSPS) is 20.9. The Morgan fingerprint density at radius 3 is 1.35 bits per heavy atom. The summed E-state index contributed by atoms with van der Waals surface area (Å²) in [6.45, 7) is 9.27. The van der Waals surface area contributed by atoms with Gasteiger partial charge in [-0.2, -0.15) is 0 Å². The van der Waals surface area contributed by atoms with Crippen LogP contribution in [0.1, 0.15) is 0 Å². The monoisotopic (exact) mass is 262 g/mol. The molecule has 3 heteroatoms. The average molecular weight is 263 g/mol. The van der Waals surface area contributed by atoms with E-state index >= 15 is 0 Å². The molecule has 92 valence electrons. The van der Waals surface area contributed by atoms with Crippen LogP contribution in [0.3, 0.4) is 0 Å². The molecule has 0 spiro atoms. The molecular formula is C14H22OSi2. The molecular weight excluding hydrogens is 240 g/mol. The van der Waals surface area contributed by atoms with Crippen molar-refractivity contribution in [3.63, 3.8) is 0 Å². The Bertz CT molecular complexity index is 347. The summed E-state index contributed by atoms with van der Waals surface area (Å²) in [6, 6.07) is 0. The van der Waals surface area contributed by atoms with Gasteiger partial charge >= 0.3 is 0 Å². The topological polar surface area (TPSA) is 9.23 Å². The van der Waals surface area contributed by atoms with Gasteiger partial charge in [0, 0.05) is 11.1 Å². The number of allylic oxidation sites excluding steroid dienone is 8. The van der Waals surface area contributed by atoms with E-state index in [1.54, 1.807) is 0 Å². The van der Waals surface area contributed by atoms with Crippen LogP contribution < -0.4 is 0 Å². The summed E-state index contributed by atoms with van der Waals surface area (Å²) < 4.78 is 6.67. The summed E-state index contributed by atoms with van der Waals surface area (Å²) in [7, 11) is -3.31. The van der Waals surface area contributed by atoms with E-state index in [0.29, 0.717) is 11.1 Å². The molecule has 0 atom stereocenters. The molecule has 1 nitrogen and oxygen atoms in total. The summed E-state index contributed by atoms with van der Waals surface area (Å²) in [4.78, 5) is 0. The Hall–Kier alpha value is -0.646. The molecule has 0 saturated heterocycles. The molecule has 2 rings (SSSR count). The van der Waals surface area contributed by atoms with Gasteiger partial charge in [0.25, 0.3) is 0 Å². The lowest BCUT2D eigenvalue weighted by Crippen LogP contribution is -2.49. The Balaban J connectivity index is 2.28. The fraction of sp³-hybridized carbons (Fsp3) is 0.429. The highest BCUT2D eigenvalue weighted by Gasteiger charge is 2.45. The average Bonchev–Trinajstić information content (AvgIpc) is 2.89. The van der Waals surface area contributed by atoms with E-state index in [9.17, 15) is 0 Å². The number of rotatable bonds is 4. The molecule has 0 heterocycles.